The zero-order valence-electron chi connectivity index (χ0n) is 14.3. The van der Waals surface area contributed by atoms with Gasteiger partial charge in [-0.1, -0.05) is 20.8 Å². The third kappa shape index (κ3) is 9.70. The van der Waals surface area contributed by atoms with Crippen molar-refractivity contribution in [2.75, 3.05) is 19.8 Å². The summed E-state index contributed by atoms with van der Waals surface area (Å²) >= 11 is 0. The third-order valence-corrected chi connectivity index (χ3v) is 3.01. The van der Waals surface area contributed by atoms with Crippen LogP contribution in [0.4, 0.5) is 0 Å². The molecule has 2 unspecified atom stereocenters. The lowest BCUT2D eigenvalue weighted by Crippen LogP contribution is -2.46. The highest BCUT2D eigenvalue weighted by molar-refractivity contribution is 5.81. The number of aliphatic hydroxyl groups excluding tert-OH is 1. The molecule has 0 aliphatic carbocycles. The van der Waals surface area contributed by atoms with E-state index in [0.29, 0.717) is 6.54 Å². The summed E-state index contributed by atoms with van der Waals surface area (Å²) in [4.78, 5) is 23.1. The number of carbonyl (C=O) groups is 2. The Bertz CT molecular complexity index is 353. The fourth-order valence-electron chi connectivity index (χ4n) is 1.49. The lowest BCUT2D eigenvalue weighted by molar-refractivity contribution is -0.126. The molecule has 5 N–H and O–H groups in total. The first-order valence-electron chi connectivity index (χ1n) is 7.62. The molecule has 0 aliphatic rings. The van der Waals surface area contributed by atoms with Crippen molar-refractivity contribution in [3.05, 3.63) is 0 Å². The van der Waals surface area contributed by atoms with E-state index in [4.69, 9.17) is 10.5 Å². The molecule has 0 aliphatic heterocycles. The molecule has 130 valence electrons. The molecule has 2 atom stereocenters. The summed E-state index contributed by atoms with van der Waals surface area (Å²) in [5, 5.41) is 15.2. The summed E-state index contributed by atoms with van der Waals surface area (Å²) in [6.45, 7) is 10.0. The molecule has 0 aromatic rings. The first-order chi connectivity index (χ1) is 10.0. The maximum absolute atomic E-state index is 11.6. The molecule has 0 saturated heterocycles. The molecule has 0 radical (unpaired) electrons. The Labute approximate surface area is 133 Å². The number of hydrogen-bond acceptors (Lipinski definition) is 5. The van der Waals surface area contributed by atoms with Crippen molar-refractivity contribution in [1.29, 1.82) is 0 Å². The molecule has 2 amide bonds. The quantitative estimate of drug-likeness (QED) is 0.439. The van der Waals surface area contributed by atoms with Gasteiger partial charge in [-0.3, -0.25) is 9.59 Å². The minimum absolute atomic E-state index is 0.0343. The molecule has 0 heterocycles. The molecule has 0 aromatic heterocycles. The second kappa shape index (κ2) is 9.76. The Morgan fingerprint density at radius 1 is 1.27 bits per heavy atom. The summed E-state index contributed by atoms with van der Waals surface area (Å²) in [6.07, 6.45) is -0.638. The van der Waals surface area contributed by atoms with Crippen LogP contribution in [-0.4, -0.2) is 54.9 Å². The largest absolute Gasteiger partial charge is 0.392 e. The SMILES string of the molecule is CC(C)NC(=O)C(N)COCCNC(=O)CC(O)C(C)(C)C. The Morgan fingerprint density at radius 3 is 2.36 bits per heavy atom. The van der Waals surface area contributed by atoms with E-state index in [1.54, 1.807) is 0 Å². The van der Waals surface area contributed by atoms with Crippen LogP contribution >= 0.6 is 0 Å². The van der Waals surface area contributed by atoms with Crippen molar-refractivity contribution >= 4 is 11.8 Å². The predicted molar refractivity (Wildman–Crippen MR) is 85.2 cm³/mol. The van der Waals surface area contributed by atoms with Crippen LogP contribution in [0.15, 0.2) is 0 Å². The monoisotopic (exact) mass is 317 g/mol. The van der Waals surface area contributed by atoms with E-state index in [-0.39, 0.29) is 42.9 Å². The normalized spacial score (nSPS) is 14.5. The standard InChI is InChI=1S/C15H31N3O4/c1-10(2)18-14(21)11(16)9-22-7-6-17-13(20)8-12(19)15(3,4)5/h10-12,19H,6-9,16H2,1-5H3,(H,17,20)(H,18,21). The Hall–Kier alpha value is -1.18. The molecule has 0 saturated carbocycles. The summed E-state index contributed by atoms with van der Waals surface area (Å²) in [5.74, 6) is -0.486. The molecule has 22 heavy (non-hydrogen) atoms. The van der Waals surface area contributed by atoms with Crippen molar-refractivity contribution in [3.8, 4) is 0 Å². The van der Waals surface area contributed by atoms with Crippen LogP contribution in [0.1, 0.15) is 41.0 Å². The van der Waals surface area contributed by atoms with Gasteiger partial charge in [0.15, 0.2) is 0 Å². The van der Waals surface area contributed by atoms with E-state index in [1.165, 1.54) is 0 Å². The molecular weight excluding hydrogens is 286 g/mol. The second-order valence-corrected chi connectivity index (χ2v) is 6.78. The van der Waals surface area contributed by atoms with Gasteiger partial charge < -0.3 is 26.2 Å². The maximum atomic E-state index is 11.6. The number of carbonyl (C=O) groups excluding carboxylic acids is 2. The summed E-state index contributed by atoms with van der Waals surface area (Å²) < 4.78 is 5.26. The molecule has 7 heteroatoms. The van der Waals surface area contributed by atoms with Gasteiger partial charge >= 0.3 is 0 Å². The number of nitrogens with two attached hydrogens (primary N) is 1. The molecular formula is C15H31N3O4. The van der Waals surface area contributed by atoms with Crippen LogP contribution in [0.2, 0.25) is 0 Å². The van der Waals surface area contributed by atoms with Crippen LogP contribution in [0, 0.1) is 5.41 Å². The van der Waals surface area contributed by atoms with Crippen LogP contribution < -0.4 is 16.4 Å². The zero-order valence-corrected chi connectivity index (χ0v) is 14.3. The molecule has 7 nitrogen and oxygen atoms in total. The van der Waals surface area contributed by atoms with Gasteiger partial charge in [-0.15, -0.1) is 0 Å². The summed E-state index contributed by atoms with van der Waals surface area (Å²) in [5.41, 5.74) is 5.33. The van der Waals surface area contributed by atoms with Crippen molar-refractivity contribution in [2.24, 2.45) is 11.1 Å². The van der Waals surface area contributed by atoms with Crippen molar-refractivity contribution in [1.82, 2.24) is 10.6 Å². The lowest BCUT2D eigenvalue weighted by atomic mass is 9.87. The fourth-order valence-corrected chi connectivity index (χ4v) is 1.49. The second-order valence-electron chi connectivity index (χ2n) is 6.78. The summed E-state index contributed by atoms with van der Waals surface area (Å²) in [7, 11) is 0. The van der Waals surface area contributed by atoms with Crippen LogP contribution in [0.25, 0.3) is 0 Å². The third-order valence-electron chi connectivity index (χ3n) is 3.01. The lowest BCUT2D eigenvalue weighted by Gasteiger charge is -2.25. The first kappa shape index (κ1) is 20.8. The van der Waals surface area contributed by atoms with Crippen molar-refractivity contribution in [3.63, 3.8) is 0 Å². The van der Waals surface area contributed by atoms with Crippen molar-refractivity contribution < 1.29 is 19.4 Å². The van der Waals surface area contributed by atoms with Gasteiger partial charge in [-0.25, -0.2) is 0 Å². The molecule has 0 spiro atoms. The van der Waals surface area contributed by atoms with E-state index < -0.39 is 12.1 Å². The van der Waals surface area contributed by atoms with Crippen molar-refractivity contribution in [2.45, 2.75) is 59.2 Å². The highest BCUT2D eigenvalue weighted by Crippen LogP contribution is 2.21. The molecule has 0 rings (SSSR count). The van der Waals surface area contributed by atoms with Gasteiger partial charge in [-0.05, 0) is 19.3 Å². The van der Waals surface area contributed by atoms with Crippen LogP contribution in [0.3, 0.4) is 0 Å². The van der Waals surface area contributed by atoms with E-state index in [2.05, 4.69) is 10.6 Å². The average molecular weight is 317 g/mol. The van der Waals surface area contributed by atoms with Gasteiger partial charge in [0.25, 0.3) is 0 Å². The van der Waals surface area contributed by atoms with Gasteiger partial charge in [0.05, 0.1) is 25.7 Å². The highest BCUT2D eigenvalue weighted by Gasteiger charge is 2.24. The van der Waals surface area contributed by atoms with E-state index in [9.17, 15) is 14.7 Å². The Kier molecular flexibility index (Phi) is 9.24. The smallest absolute Gasteiger partial charge is 0.239 e. The van der Waals surface area contributed by atoms with E-state index in [0.717, 1.165) is 0 Å². The van der Waals surface area contributed by atoms with Gasteiger partial charge in [-0.2, -0.15) is 0 Å². The molecule has 0 bridgehead atoms. The number of nitrogens with one attached hydrogen (secondary N) is 2. The first-order valence-corrected chi connectivity index (χ1v) is 7.62. The van der Waals surface area contributed by atoms with Crippen LogP contribution in [-0.2, 0) is 14.3 Å². The minimum Gasteiger partial charge on any atom is -0.392 e. The van der Waals surface area contributed by atoms with E-state index >= 15 is 0 Å². The topological polar surface area (TPSA) is 114 Å². The van der Waals surface area contributed by atoms with Gasteiger partial charge in [0, 0.05) is 12.6 Å². The number of hydrogen-bond donors (Lipinski definition) is 4. The average Bonchev–Trinajstić information content (AvgIpc) is 2.35. The van der Waals surface area contributed by atoms with E-state index in [1.807, 2.05) is 34.6 Å². The molecule has 0 aromatic carbocycles. The Balaban J connectivity index is 3.77. The van der Waals surface area contributed by atoms with Gasteiger partial charge in [0.2, 0.25) is 11.8 Å². The highest BCUT2D eigenvalue weighted by atomic mass is 16.5. The minimum atomic E-state index is -0.721. The van der Waals surface area contributed by atoms with Crippen LogP contribution in [0.5, 0.6) is 0 Å². The Morgan fingerprint density at radius 2 is 1.86 bits per heavy atom. The fraction of sp³-hybridized carbons (Fsp3) is 0.867. The number of amides is 2. The molecule has 0 fully saturated rings. The summed E-state index contributed by atoms with van der Waals surface area (Å²) in [6, 6.07) is -0.687. The number of rotatable bonds is 9. The zero-order chi connectivity index (χ0) is 17.3. The number of ether oxygens (including phenoxy) is 1. The predicted octanol–water partition coefficient (Wildman–Crippen LogP) is -0.232. The maximum Gasteiger partial charge on any atom is 0.239 e. The van der Waals surface area contributed by atoms with Gasteiger partial charge in [0.1, 0.15) is 6.04 Å². The number of aliphatic hydroxyl groups is 1.